The molecule has 0 aliphatic carbocycles. The zero-order chi connectivity index (χ0) is 9.80. The first-order valence-corrected chi connectivity index (χ1v) is 5.20. The van der Waals surface area contributed by atoms with E-state index in [1.54, 1.807) is 0 Å². The minimum Gasteiger partial charge on any atom is -0.380 e. The topological polar surface area (TPSA) is 39.1 Å². The minimum atomic E-state index is 0.523. The number of hydrogen-bond donors (Lipinski definition) is 1. The minimum absolute atomic E-state index is 0.523. The number of imidazole rings is 1. The second-order valence-corrected chi connectivity index (χ2v) is 3.61. The van der Waals surface area contributed by atoms with Gasteiger partial charge in [0, 0.05) is 31.9 Å². The number of aromatic nitrogens is 2. The van der Waals surface area contributed by atoms with Gasteiger partial charge in [0.2, 0.25) is 0 Å². The predicted molar refractivity (Wildman–Crippen MR) is 54.0 cm³/mol. The highest BCUT2D eigenvalue weighted by Gasteiger charge is 2.14. The van der Waals surface area contributed by atoms with Crippen LogP contribution in [0.5, 0.6) is 0 Å². The molecule has 0 spiro atoms. The molecule has 2 heterocycles. The van der Waals surface area contributed by atoms with E-state index in [4.69, 9.17) is 4.74 Å². The molecule has 4 heteroatoms. The first-order chi connectivity index (χ1) is 6.90. The zero-order valence-corrected chi connectivity index (χ0v) is 8.57. The number of hydrogen-bond acceptors (Lipinski definition) is 3. The molecule has 4 nitrogen and oxygen atoms in total. The van der Waals surface area contributed by atoms with Gasteiger partial charge in [-0.2, -0.15) is 0 Å². The lowest BCUT2D eigenvalue weighted by atomic mass is 10.2. The molecule has 0 saturated carbocycles. The molecule has 0 radical (unpaired) electrons. The van der Waals surface area contributed by atoms with Crippen LogP contribution in [-0.4, -0.2) is 28.8 Å². The van der Waals surface area contributed by atoms with E-state index in [2.05, 4.69) is 21.8 Å². The Bertz CT molecular complexity index is 279. The smallest absolute Gasteiger partial charge is 0.0948 e. The summed E-state index contributed by atoms with van der Waals surface area (Å²) in [4.78, 5) is 4.13. The van der Waals surface area contributed by atoms with E-state index in [-0.39, 0.29) is 0 Å². The third kappa shape index (κ3) is 2.13. The Morgan fingerprint density at radius 2 is 2.64 bits per heavy atom. The molecule has 1 atom stereocenters. The highest BCUT2D eigenvalue weighted by Crippen LogP contribution is 2.05. The lowest BCUT2D eigenvalue weighted by Gasteiger charge is -2.11. The summed E-state index contributed by atoms with van der Waals surface area (Å²) in [7, 11) is 0. The van der Waals surface area contributed by atoms with Crippen molar-refractivity contribution >= 4 is 0 Å². The number of nitrogens with one attached hydrogen (secondary N) is 1. The normalized spacial score (nSPS) is 21.6. The van der Waals surface area contributed by atoms with E-state index < -0.39 is 0 Å². The van der Waals surface area contributed by atoms with Gasteiger partial charge in [0.1, 0.15) is 0 Å². The third-order valence-electron chi connectivity index (χ3n) is 2.64. The van der Waals surface area contributed by atoms with Gasteiger partial charge in [0.05, 0.1) is 18.6 Å². The molecule has 1 N–H and O–H groups in total. The summed E-state index contributed by atoms with van der Waals surface area (Å²) in [5, 5.41) is 3.47. The van der Waals surface area contributed by atoms with Gasteiger partial charge in [-0.15, -0.1) is 0 Å². The van der Waals surface area contributed by atoms with Gasteiger partial charge >= 0.3 is 0 Å². The van der Waals surface area contributed by atoms with E-state index >= 15 is 0 Å². The summed E-state index contributed by atoms with van der Waals surface area (Å²) < 4.78 is 7.45. The van der Waals surface area contributed by atoms with E-state index in [1.165, 1.54) is 5.69 Å². The van der Waals surface area contributed by atoms with Gasteiger partial charge in [-0.25, -0.2) is 4.98 Å². The molecule has 0 aromatic carbocycles. The average Bonchev–Trinajstić information content (AvgIpc) is 2.85. The van der Waals surface area contributed by atoms with Gasteiger partial charge in [0.15, 0.2) is 0 Å². The van der Waals surface area contributed by atoms with Crippen molar-refractivity contribution in [2.24, 2.45) is 0 Å². The molecule has 1 saturated heterocycles. The number of aryl methyl sites for hydroxylation is 1. The Hall–Kier alpha value is -0.870. The van der Waals surface area contributed by atoms with Crippen LogP contribution in [0.4, 0.5) is 0 Å². The first kappa shape index (κ1) is 9.68. The monoisotopic (exact) mass is 195 g/mol. The molecular formula is C10H17N3O. The Kier molecular flexibility index (Phi) is 3.16. The van der Waals surface area contributed by atoms with Crippen LogP contribution in [0.3, 0.4) is 0 Å². The largest absolute Gasteiger partial charge is 0.380 e. The molecule has 2 rings (SSSR count). The fourth-order valence-corrected chi connectivity index (χ4v) is 1.72. The Labute approximate surface area is 84.3 Å². The Morgan fingerprint density at radius 3 is 3.36 bits per heavy atom. The van der Waals surface area contributed by atoms with E-state index in [0.29, 0.717) is 6.04 Å². The van der Waals surface area contributed by atoms with Crippen LogP contribution in [0.15, 0.2) is 12.5 Å². The number of nitrogens with zero attached hydrogens (tertiary/aromatic N) is 2. The van der Waals surface area contributed by atoms with Crippen molar-refractivity contribution in [2.75, 3.05) is 13.2 Å². The highest BCUT2D eigenvalue weighted by atomic mass is 16.5. The van der Waals surface area contributed by atoms with Crippen molar-refractivity contribution < 1.29 is 4.74 Å². The summed E-state index contributed by atoms with van der Waals surface area (Å²) in [6.45, 7) is 5.74. The first-order valence-electron chi connectivity index (χ1n) is 5.20. The summed E-state index contributed by atoms with van der Waals surface area (Å²) >= 11 is 0. The maximum absolute atomic E-state index is 5.30. The van der Waals surface area contributed by atoms with Crippen molar-refractivity contribution in [2.45, 2.75) is 32.5 Å². The van der Waals surface area contributed by atoms with Crippen molar-refractivity contribution in [1.29, 1.82) is 0 Å². The van der Waals surface area contributed by atoms with Gasteiger partial charge < -0.3 is 14.6 Å². The molecule has 1 aromatic heterocycles. The molecule has 78 valence electrons. The van der Waals surface area contributed by atoms with Gasteiger partial charge in [-0.05, 0) is 13.3 Å². The fraction of sp³-hybridized carbons (Fsp3) is 0.700. The Balaban J connectivity index is 1.84. The van der Waals surface area contributed by atoms with E-state index in [0.717, 1.165) is 32.7 Å². The molecule has 1 aliphatic rings. The molecule has 1 aromatic rings. The molecule has 1 unspecified atom stereocenters. The lowest BCUT2D eigenvalue weighted by molar-refractivity contribution is 0.189. The second kappa shape index (κ2) is 4.57. The maximum Gasteiger partial charge on any atom is 0.0948 e. The van der Waals surface area contributed by atoms with Crippen LogP contribution in [0.2, 0.25) is 0 Å². The number of rotatable bonds is 4. The van der Waals surface area contributed by atoms with E-state index in [9.17, 15) is 0 Å². The van der Waals surface area contributed by atoms with Crippen LogP contribution in [-0.2, 0) is 17.8 Å². The summed E-state index contributed by atoms with van der Waals surface area (Å²) in [5.74, 6) is 0. The standard InChI is InChI=1S/C10H17N3O/c1-2-13-8-11-5-10(13)6-12-9-3-4-14-7-9/h5,8-9,12H,2-4,6-7H2,1H3. The van der Waals surface area contributed by atoms with Gasteiger partial charge in [-0.1, -0.05) is 0 Å². The molecule has 1 fully saturated rings. The maximum atomic E-state index is 5.30. The lowest BCUT2D eigenvalue weighted by Crippen LogP contribution is -2.29. The van der Waals surface area contributed by atoms with Crippen molar-refractivity contribution in [3.63, 3.8) is 0 Å². The van der Waals surface area contributed by atoms with Crippen LogP contribution in [0.1, 0.15) is 19.0 Å². The molecular weight excluding hydrogens is 178 g/mol. The van der Waals surface area contributed by atoms with Crippen molar-refractivity contribution in [3.05, 3.63) is 18.2 Å². The SMILES string of the molecule is CCn1cncc1CNC1CCOC1. The fourth-order valence-electron chi connectivity index (χ4n) is 1.72. The zero-order valence-electron chi connectivity index (χ0n) is 8.57. The molecule has 0 bridgehead atoms. The van der Waals surface area contributed by atoms with Crippen molar-refractivity contribution in [1.82, 2.24) is 14.9 Å². The van der Waals surface area contributed by atoms with Crippen LogP contribution in [0.25, 0.3) is 0 Å². The molecule has 1 aliphatic heterocycles. The average molecular weight is 195 g/mol. The predicted octanol–water partition coefficient (Wildman–Crippen LogP) is 0.781. The van der Waals surface area contributed by atoms with Gasteiger partial charge in [0.25, 0.3) is 0 Å². The highest BCUT2D eigenvalue weighted by molar-refractivity contribution is 4.98. The Morgan fingerprint density at radius 1 is 1.71 bits per heavy atom. The summed E-state index contributed by atoms with van der Waals surface area (Å²) in [6, 6.07) is 0.523. The quantitative estimate of drug-likeness (QED) is 0.771. The van der Waals surface area contributed by atoms with Crippen molar-refractivity contribution in [3.8, 4) is 0 Å². The number of ether oxygens (including phenoxy) is 1. The summed E-state index contributed by atoms with van der Waals surface area (Å²) in [5.41, 5.74) is 1.25. The second-order valence-electron chi connectivity index (χ2n) is 3.61. The molecule has 0 amide bonds. The van der Waals surface area contributed by atoms with Crippen LogP contribution < -0.4 is 5.32 Å². The summed E-state index contributed by atoms with van der Waals surface area (Å²) in [6.07, 6.45) is 4.93. The third-order valence-corrected chi connectivity index (χ3v) is 2.64. The molecule has 14 heavy (non-hydrogen) atoms. The van der Waals surface area contributed by atoms with E-state index in [1.807, 2.05) is 12.5 Å². The van der Waals surface area contributed by atoms with Gasteiger partial charge in [-0.3, -0.25) is 0 Å². The van der Waals surface area contributed by atoms with Crippen LogP contribution in [0, 0.1) is 0 Å². The van der Waals surface area contributed by atoms with Crippen LogP contribution >= 0.6 is 0 Å².